The lowest BCUT2D eigenvalue weighted by atomic mass is 9.84. The van der Waals surface area contributed by atoms with Crippen molar-refractivity contribution in [3.05, 3.63) is 0 Å². The van der Waals surface area contributed by atoms with Crippen LogP contribution in [0.3, 0.4) is 0 Å². The minimum atomic E-state index is 0.0114. The summed E-state index contributed by atoms with van der Waals surface area (Å²) in [5, 5.41) is 9.07. The Morgan fingerprint density at radius 3 is 2.30 bits per heavy atom. The van der Waals surface area contributed by atoms with E-state index in [-0.39, 0.29) is 18.7 Å². The molecule has 1 aliphatic rings. The predicted molar refractivity (Wildman–Crippen MR) is 113 cm³/mol. The minimum Gasteiger partial charge on any atom is -0.462 e. The molecule has 0 aliphatic heterocycles. The molecule has 160 valence electrons. The summed E-state index contributed by atoms with van der Waals surface area (Å²) in [5.41, 5.74) is 0. The molecule has 1 saturated carbocycles. The van der Waals surface area contributed by atoms with Gasteiger partial charge in [-0.25, -0.2) is 0 Å². The molecule has 1 fully saturated rings. The van der Waals surface area contributed by atoms with E-state index in [0.29, 0.717) is 6.42 Å². The average Bonchev–Trinajstić information content (AvgIpc) is 2.66. The number of hydrogen-bond acceptors (Lipinski definition) is 4. The van der Waals surface area contributed by atoms with Crippen molar-refractivity contribution in [2.24, 2.45) is 5.92 Å². The predicted octanol–water partition coefficient (Wildman–Crippen LogP) is 5.32. The first-order valence-corrected chi connectivity index (χ1v) is 11.7. The van der Waals surface area contributed by atoms with Gasteiger partial charge in [-0.15, -0.1) is 0 Å². The van der Waals surface area contributed by atoms with Crippen LogP contribution in [-0.4, -0.2) is 48.3 Å². The summed E-state index contributed by atoms with van der Waals surface area (Å²) in [6.45, 7) is 7.57. The summed E-state index contributed by atoms with van der Waals surface area (Å²) in [4.78, 5) is 14.4. The molecule has 0 amide bonds. The van der Waals surface area contributed by atoms with Gasteiger partial charge in [-0.3, -0.25) is 4.79 Å². The Bertz CT molecular complexity index is 348. The van der Waals surface area contributed by atoms with Gasteiger partial charge in [-0.2, -0.15) is 0 Å². The largest absolute Gasteiger partial charge is 0.462 e. The van der Waals surface area contributed by atoms with Gasteiger partial charge < -0.3 is 14.7 Å². The summed E-state index contributed by atoms with van der Waals surface area (Å²) >= 11 is 0. The van der Waals surface area contributed by atoms with Crippen LogP contribution in [0, 0.1) is 5.92 Å². The van der Waals surface area contributed by atoms with E-state index in [1.165, 1.54) is 38.5 Å². The molecular weight excluding hydrogens is 338 g/mol. The first kappa shape index (κ1) is 24.4. The van der Waals surface area contributed by atoms with Gasteiger partial charge in [0, 0.05) is 13.0 Å². The number of unbranched alkanes of at least 4 members (excludes halogenated alkanes) is 5. The van der Waals surface area contributed by atoms with Gasteiger partial charge in [0.15, 0.2) is 0 Å². The van der Waals surface area contributed by atoms with Crippen molar-refractivity contribution in [3.63, 3.8) is 0 Å². The third kappa shape index (κ3) is 12.5. The van der Waals surface area contributed by atoms with Gasteiger partial charge in [0.2, 0.25) is 0 Å². The number of hydrogen-bond donors (Lipinski definition) is 1. The maximum absolute atomic E-state index is 12.1. The fourth-order valence-corrected chi connectivity index (χ4v) is 4.22. The number of rotatable bonds is 16. The van der Waals surface area contributed by atoms with Crippen LogP contribution in [0.2, 0.25) is 0 Å². The summed E-state index contributed by atoms with van der Waals surface area (Å²) in [6.07, 6.45) is 16.2. The van der Waals surface area contributed by atoms with E-state index in [9.17, 15) is 4.79 Å². The first-order chi connectivity index (χ1) is 13.2. The van der Waals surface area contributed by atoms with Crippen LogP contribution >= 0.6 is 0 Å². The molecule has 1 N–H and O–H groups in total. The molecule has 0 aromatic rings. The Morgan fingerprint density at radius 1 is 0.889 bits per heavy atom. The van der Waals surface area contributed by atoms with Crippen molar-refractivity contribution in [3.8, 4) is 0 Å². The molecule has 4 nitrogen and oxygen atoms in total. The van der Waals surface area contributed by atoms with Gasteiger partial charge >= 0.3 is 5.97 Å². The molecule has 0 aromatic carbocycles. The van der Waals surface area contributed by atoms with Gasteiger partial charge in [0.1, 0.15) is 6.10 Å². The Kier molecular flexibility index (Phi) is 14.8. The first-order valence-electron chi connectivity index (χ1n) is 11.7. The normalized spacial score (nSPS) is 20.1. The van der Waals surface area contributed by atoms with E-state index in [2.05, 4.69) is 18.7 Å². The molecule has 27 heavy (non-hydrogen) atoms. The van der Waals surface area contributed by atoms with E-state index >= 15 is 0 Å². The van der Waals surface area contributed by atoms with Crippen molar-refractivity contribution in [2.75, 3.05) is 26.2 Å². The minimum absolute atomic E-state index is 0.0114. The molecule has 0 unspecified atom stereocenters. The van der Waals surface area contributed by atoms with Gasteiger partial charge in [0.05, 0.1) is 6.61 Å². The summed E-state index contributed by atoms with van der Waals surface area (Å²) in [7, 11) is 0. The molecular formula is C23H45NO3. The number of carbonyl (C=O) groups excluding carboxylic acids is 1. The molecule has 0 heterocycles. The van der Waals surface area contributed by atoms with E-state index in [1.807, 2.05) is 0 Å². The van der Waals surface area contributed by atoms with Crippen molar-refractivity contribution < 1.29 is 14.6 Å². The maximum Gasteiger partial charge on any atom is 0.306 e. The number of carbonyl (C=O) groups is 1. The zero-order valence-electron chi connectivity index (χ0n) is 18.1. The zero-order chi connectivity index (χ0) is 19.7. The highest BCUT2D eigenvalue weighted by Crippen LogP contribution is 2.30. The molecule has 0 saturated heterocycles. The smallest absolute Gasteiger partial charge is 0.306 e. The Balaban J connectivity index is 2.00. The van der Waals surface area contributed by atoms with Crippen LogP contribution in [-0.2, 0) is 9.53 Å². The van der Waals surface area contributed by atoms with E-state index < -0.39 is 0 Å². The van der Waals surface area contributed by atoms with Crippen molar-refractivity contribution >= 4 is 5.97 Å². The van der Waals surface area contributed by atoms with Crippen molar-refractivity contribution in [1.82, 2.24) is 4.90 Å². The lowest BCUT2D eigenvalue weighted by molar-refractivity contribution is -0.151. The monoisotopic (exact) mass is 383 g/mol. The number of nitrogens with zero attached hydrogens (tertiary/aromatic N) is 1. The van der Waals surface area contributed by atoms with Crippen LogP contribution in [0.1, 0.15) is 104 Å². The third-order valence-electron chi connectivity index (χ3n) is 5.87. The lowest BCUT2D eigenvalue weighted by Crippen LogP contribution is -2.28. The number of ether oxygens (including phenoxy) is 1. The van der Waals surface area contributed by atoms with Gasteiger partial charge in [-0.1, -0.05) is 52.4 Å². The Morgan fingerprint density at radius 2 is 1.63 bits per heavy atom. The van der Waals surface area contributed by atoms with Gasteiger partial charge in [-0.05, 0) is 64.0 Å². The Hall–Kier alpha value is -0.610. The lowest BCUT2D eigenvalue weighted by Gasteiger charge is -2.28. The van der Waals surface area contributed by atoms with E-state index in [1.54, 1.807) is 0 Å². The highest BCUT2D eigenvalue weighted by Gasteiger charge is 2.23. The maximum atomic E-state index is 12.1. The van der Waals surface area contributed by atoms with Crippen LogP contribution in [0.25, 0.3) is 0 Å². The quantitative estimate of drug-likeness (QED) is 0.289. The van der Waals surface area contributed by atoms with Crippen LogP contribution < -0.4 is 0 Å². The average molecular weight is 384 g/mol. The molecule has 0 atom stereocenters. The van der Waals surface area contributed by atoms with Crippen molar-refractivity contribution in [2.45, 2.75) is 110 Å². The fraction of sp³-hybridized carbons (Fsp3) is 0.957. The third-order valence-corrected chi connectivity index (χ3v) is 5.87. The van der Waals surface area contributed by atoms with Gasteiger partial charge in [0.25, 0.3) is 0 Å². The molecule has 4 heteroatoms. The molecule has 1 aliphatic carbocycles. The Labute approximate surface area is 168 Å². The van der Waals surface area contributed by atoms with Crippen LogP contribution in [0.15, 0.2) is 0 Å². The molecule has 0 bridgehead atoms. The van der Waals surface area contributed by atoms with Crippen molar-refractivity contribution in [1.29, 1.82) is 0 Å². The summed E-state index contributed by atoms with van der Waals surface area (Å²) in [5.74, 6) is 0.877. The molecule has 0 spiro atoms. The summed E-state index contributed by atoms with van der Waals surface area (Å²) in [6, 6.07) is 0. The number of aliphatic hydroxyl groups is 1. The van der Waals surface area contributed by atoms with Crippen LogP contribution in [0.4, 0.5) is 0 Å². The van der Waals surface area contributed by atoms with Crippen LogP contribution in [0.5, 0.6) is 0 Å². The van der Waals surface area contributed by atoms with E-state index in [0.717, 1.165) is 70.5 Å². The summed E-state index contributed by atoms with van der Waals surface area (Å²) < 4.78 is 5.70. The SMILES string of the molecule is CCCCCC1CCC(OC(=O)CCCCCCN(CCC)CCO)CC1. The standard InChI is InChI=1S/C23H45NO3/c1-3-5-8-11-21-13-15-22(16-14-21)27-23(26)12-9-6-7-10-18-24(17-4-2)19-20-25/h21-22,25H,3-20H2,1-2H3. The zero-order valence-corrected chi connectivity index (χ0v) is 18.1. The second-order valence-corrected chi connectivity index (χ2v) is 8.36. The molecule has 1 rings (SSSR count). The highest BCUT2D eigenvalue weighted by molar-refractivity contribution is 5.69. The van der Waals surface area contributed by atoms with E-state index in [4.69, 9.17) is 9.84 Å². The number of aliphatic hydroxyl groups excluding tert-OH is 1. The topological polar surface area (TPSA) is 49.8 Å². The highest BCUT2D eigenvalue weighted by atomic mass is 16.5. The fourth-order valence-electron chi connectivity index (χ4n) is 4.22. The second-order valence-electron chi connectivity index (χ2n) is 8.36. The second kappa shape index (κ2) is 16.4. The number of esters is 1. The molecule has 0 aromatic heterocycles. The molecule has 0 radical (unpaired) electrons.